The van der Waals surface area contributed by atoms with Gasteiger partial charge in [-0.2, -0.15) is 0 Å². The van der Waals surface area contributed by atoms with Crippen molar-refractivity contribution in [2.75, 3.05) is 0 Å². The van der Waals surface area contributed by atoms with Crippen LogP contribution in [0.4, 0.5) is 5.69 Å². The number of hydrogen-bond donors (Lipinski definition) is 0. The van der Waals surface area contributed by atoms with Crippen LogP contribution in [0, 0.1) is 0 Å². The van der Waals surface area contributed by atoms with Crippen LogP contribution in [0.1, 0.15) is 12.5 Å². The number of para-hydroxylation sites is 1. The highest BCUT2D eigenvalue weighted by Crippen LogP contribution is 2.23. The van der Waals surface area contributed by atoms with Crippen molar-refractivity contribution in [2.45, 2.75) is 6.92 Å². The largest absolute Gasteiger partial charge is 0.264 e. The van der Waals surface area contributed by atoms with E-state index in [9.17, 15) is 0 Å². The Morgan fingerprint density at radius 1 is 1.36 bits per heavy atom. The van der Waals surface area contributed by atoms with E-state index < -0.39 is 0 Å². The molecule has 1 rings (SSSR count). The Labute approximate surface area is 67.1 Å². The minimum absolute atomic E-state index is 0.903. The molecular weight excluding hydrogens is 134 g/mol. The fraction of sp³-hybridized carbons (Fsp3) is 0.100. The van der Waals surface area contributed by atoms with E-state index in [4.69, 9.17) is 0 Å². The Hall–Kier alpha value is -1.37. The van der Waals surface area contributed by atoms with Gasteiger partial charge in [-0.05, 0) is 25.3 Å². The Morgan fingerprint density at radius 3 is 2.45 bits per heavy atom. The molecule has 0 unspecified atom stereocenters. The second kappa shape index (κ2) is 3.15. The predicted molar refractivity (Wildman–Crippen MR) is 50.4 cm³/mol. The summed E-state index contributed by atoms with van der Waals surface area (Å²) >= 11 is 0. The number of allylic oxidation sites excluding steroid dienone is 1. The summed E-state index contributed by atoms with van der Waals surface area (Å²) in [5.41, 5.74) is 3.00. The zero-order valence-electron chi connectivity index (χ0n) is 6.67. The van der Waals surface area contributed by atoms with Crippen molar-refractivity contribution in [3.63, 3.8) is 0 Å². The normalized spacial score (nSPS) is 9.18. The van der Waals surface area contributed by atoms with Crippen LogP contribution in [0.15, 0.2) is 35.8 Å². The van der Waals surface area contributed by atoms with E-state index in [2.05, 4.69) is 18.3 Å². The van der Waals surface area contributed by atoms with Gasteiger partial charge in [0.15, 0.2) is 0 Å². The average molecular weight is 145 g/mol. The van der Waals surface area contributed by atoms with Gasteiger partial charge in [-0.25, -0.2) is 0 Å². The summed E-state index contributed by atoms with van der Waals surface area (Å²) in [7, 11) is 0. The quantitative estimate of drug-likeness (QED) is 0.567. The van der Waals surface area contributed by atoms with Gasteiger partial charge >= 0.3 is 0 Å². The average Bonchev–Trinajstić information content (AvgIpc) is 2.04. The summed E-state index contributed by atoms with van der Waals surface area (Å²) in [5, 5.41) is 0. The second-order valence-corrected chi connectivity index (χ2v) is 2.46. The highest BCUT2D eigenvalue weighted by atomic mass is 14.7. The minimum Gasteiger partial charge on any atom is -0.264 e. The zero-order valence-corrected chi connectivity index (χ0v) is 6.67. The third-order valence-corrected chi connectivity index (χ3v) is 1.53. The molecule has 0 saturated heterocycles. The number of rotatable bonds is 2. The van der Waals surface area contributed by atoms with Crippen LogP contribution >= 0.6 is 0 Å². The maximum atomic E-state index is 3.88. The summed E-state index contributed by atoms with van der Waals surface area (Å²) in [6, 6.07) is 7.83. The number of nitrogens with zero attached hydrogens (tertiary/aromatic N) is 1. The molecule has 0 amide bonds. The first-order valence-corrected chi connectivity index (χ1v) is 3.47. The Balaban J connectivity index is 3.22. The summed E-state index contributed by atoms with van der Waals surface area (Å²) in [5.74, 6) is 0. The lowest BCUT2D eigenvalue weighted by Gasteiger charge is -2.02. The third kappa shape index (κ3) is 1.55. The van der Waals surface area contributed by atoms with Crippen LogP contribution in [0.25, 0.3) is 5.57 Å². The Morgan fingerprint density at radius 2 is 2.00 bits per heavy atom. The molecule has 0 heterocycles. The SMILES string of the molecule is C=Nc1ccccc1C(=C)C. The van der Waals surface area contributed by atoms with Crippen molar-refractivity contribution in [1.82, 2.24) is 0 Å². The first kappa shape index (κ1) is 7.73. The fourth-order valence-corrected chi connectivity index (χ4v) is 0.972. The fourth-order valence-electron chi connectivity index (χ4n) is 0.972. The van der Waals surface area contributed by atoms with E-state index in [1.54, 1.807) is 0 Å². The molecule has 0 aliphatic heterocycles. The van der Waals surface area contributed by atoms with Crippen LogP contribution in [-0.2, 0) is 0 Å². The van der Waals surface area contributed by atoms with E-state index in [1.807, 2.05) is 31.2 Å². The number of aliphatic imine (C=N–C) groups is 1. The molecule has 0 N–H and O–H groups in total. The number of hydrogen-bond acceptors (Lipinski definition) is 1. The van der Waals surface area contributed by atoms with E-state index >= 15 is 0 Å². The molecule has 0 fully saturated rings. The Kier molecular flexibility index (Phi) is 2.21. The lowest BCUT2D eigenvalue weighted by molar-refractivity contribution is 1.49. The lowest BCUT2D eigenvalue weighted by Crippen LogP contribution is -1.77. The molecule has 0 saturated carbocycles. The van der Waals surface area contributed by atoms with Crippen molar-refractivity contribution in [3.05, 3.63) is 36.4 Å². The van der Waals surface area contributed by atoms with Gasteiger partial charge in [0, 0.05) is 5.56 Å². The maximum absolute atomic E-state index is 3.88. The molecule has 56 valence electrons. The lowest BCUT2D eigenvalue weighted by atomic mass is 10.1. The standard InChI is InChI=1S/C10H11N/c1-8(2)9-6-4-5-7-10(9)11-3/h4-7H,1,3H2,2H3. The highest BCUT2D eigenvalue weighted by Gasteiger charge is 1.97. The molecule has 1 aromatic carbocycles. The van der Waals surface area contributed by atoms with Crippen LogP contribution in [-0.4, -0.2) is 6.72 Å². The monoisotopic (exact) mass is 145 g/mol. The van der Waals surface area contributed by atoms with Gasteiger partial charge in [0.05, 0.1) is 5.69 Å². The maximum Gasteiger partial charge on any atom is 0.0697 e. The molecule has 0 atom stereocenters. The van der Waals surface area contributed by atoms with Crippen molar-refractivity contribution in [3.8, 4) is 0 Å². The molecular formula is C10H11N. The van der Waals surface area contributed by atoms with E-state index in [-0.39, 0.29) is 0 Å². The molecule has 0 spiro atoms. The van der Waals surface area contributed by atoms with Crippen molar-refractivity contribution >= 4 is 18.0 Å². The molecule has 11 heavy (non-hydrogen) atoms. The second-order valence-electron chi connectivity index (χ2n) is 2.46. The molecule has 0 radical (unpaired) electrons. The van der Waals surface area contributed by atoms with E-state index in [0.29, 0.717) is 0 Å². The summed E-state index contributed by atoms with van der Waals surface area (Å²) in [4.78, 5) is 3.88. The molecule has 1 heteroatoms. The molecule has 1 nitrogen and oxygen atoms in total. The minimum atomic E-state index is 0.903. The van der Waals surface area contributed by atoms with Gasteiger partial charge in [0.2, 0.25) is 0 Å². The van der Waals surface area contributed by atoms with Crippen LogP contribution in [0.3, 0.4) is 0 Å². The summed E-state index contributed by atoms with van der Waals surface area (Å²) in [6.07, 6.45) is 0. The van der Waals surface area contributed by atoms with E-state index in [0.717, 1.165) is 16.8 Å². The molecule has 0 bridgehead atoms. The molecule has 0 aliphatic rings. The predicted octanol–water partition coefficient (Wildman–Crippen LogP) is 3.05. The van der Waals surface area contributed by atoms with Gasteiger partial charge in [0.1, 0.15) is 0 Å². The summed E-state index contributed by atoms with van der Waals surface area (Å²) in [6.45, 7) is 9.29. The first-order chi connectivity index (χ1) is 5.25. The summed E-state index contributed by atoms with van der Waals surface area (Å²) < 4.78 is 0. The van der Waals surface area contributed by atoms with Crippen molar-refractivity contribution in [2.24, 2.45) is 4.99 Å². The number of benzene rings is 1. The van der Waals surface area contributed by atoms with Crippen molar-refractivity contribution in [1.29, 1.82) is 0 Å². The van der Waals surface area contributed by atoms with Gasteiger partial charge < -0.3 is 0 Å². The topological polar surface area (TPSA) is 12.4 Å². The highest BCUT2D eigenvalue weighted by molar-refractivity contribution is 5.72. The smallest absolute Gasteiger partial charge is 0.0697 e. The van der Waals surface area contributed by atoms with Gasteiger partial charge in [0.25, 0.3) is 0 Å². The van der Waals surface area contributed by atoms with Crippen LogP contribution in [0.2, 0.25) is 0 Å². The molecule has 1 aromatic rings. The van der Waals surface area contributed by atoms with Gasteiger partial charge in [-0.1, -0.05) is 24.8 Å². The van der Waals surface area contributed by atoms with E-state index in [1.165, 1.54) is 0 Å². The van der Waals surface area contributed by atoms with Crippen LogP contribution in [0.5, 0.6) is 0 Å². The third-order valence-electron chi connectivity index (χ3n) is 1.53. The van der Waals surface area contributed by atoms with Crippen molar-refractivity contribution < 1.29 is 0 Å². The molecule has 0 aromatic heterocycles. The van der Waals surface area contributed by atoms with Gasteiger partial charge in [-0.3, -0.25) is 4.99 Å². The van der Waals surface area contributed by atoms with Crippen LogP contribution < -0.4 is 0 Å². The first-order valence-electron chi connectivity index (χ1n) is 3.47. The van der Waals surface area contributed by atoms with Gasteiger partial charge in [-0.15, -0.1) is 0 Å². The zero-order chi connectivity index (χ0) is 8.27. The molecule has 0 aliphatic carbocycles. The Bertz CT molecular complexity index is 287.